The van der Waals surface area contributed by atoms with E-state index in [4.69, 9.17) is 0 Å². The Hall–Kier alpha value is -1.58. The Morgan fingerprint density at radius 2 is 2.35 bits per heavy atom. The predicted octanol–water partition coefficient (Wildman–Crippen LogP) is 2.23. The summed E-state index contributed by atoms with van der Waals surface area (Å²) in [6, 6.07) is 0. The standard InChI is InChI=1S/C16H23N3O/c20-16(13-6-2-1-3-7-13)17-10-9-14-12-19-11-5-4-8-15(19)18-14/h1-2,12-13H,3-11H2,(H,17,20)/t13-/m1/s1. The van der Waals surface area contributed by atoms with E-state index in [-0.39, 0.29) is 11.8 Å². The highest BCUT2D eigenvalue weighted by Crippen LogP contribution is 2.18. The van der Waals surface area contributed by atoms with Crippen molar-refractivity contribution in [2.45, 2.75) is 51.5 Å². The van der Waals surface area contributed by atoms with Crippen molar-refractivity contribution in [2.75, 3.05) is 6.54 Å². The number of hydrogen-bond donors (Lipinski definition) is 1. The van der Waals surface area contributed by atoms with E-state index < -0.39 is 0 Å². The number of fused-ring (bicyclic) bond motifs is 1. The number of rotatable bonds is 4. The zero-order valence-electron chi connectivity index (χ0n) is 12.0. The summed E-state index contributed by atoms with van der Waals surface area (Å²) in [4.78, 5) is 16.7. The Kier molecular flexibility index (Phi) is 4.19. The molecule has 4 nitrogen and oxygen atoms in total. The average Bonchev–Trinajstić information content (AvgIpc) is 2.90. The van der Waals surface area contributed by atoms with Gasteiger partial charge in [0.1, 0.15) is 5.82 Å². The van der Waals surface area contributed by atoms with Crippen LogP contribution in [0, 0.1) is 5.92 Å². The number of hydrogen-bond acceptors (Lipinski definition) is 2. The smallest absolute Gasteiger partial charge is 0.223 e. The molecule has 1 aromatic rings. The molecule has 0 spiro atoms. The molecule has 1 amide bonds. The molecule has 2 aliphatic rings. The van der Waals surface area contributed by atoms with E-state index in [1.165, 1.54) is 18.7 Å². The van der Waals surface area contributed by atoms with Gasteiger partial charge in [0.25, 0.3) is 0 Å². The maximum atomic E-state index is 12.0. The molecule has 20 heavy (non-hydrogen) atoms. The molecule has 1 atom stereocenters. The van der Waals surface area contributed by atoms with Gasteiger partial charge in [0, 0.05) is 38.0 Å². The molecule has 3 rings (SSSR count). The van der Waals surface area contributed by atoms with Gasteiger partial charge in [-0.2, -0.15) is 0 Å². The van der Waals surface area contributed by atoms with Crippen molar-refractivity contribution in [3.05, 3.63) is 29.9 Å². The summed E-state index contributed by atoms with van der Waals surface area (Å²) in [6.07, 6.45) is 13.8. The summed E-state index contributed by atoms with van der Waals surface area (Å²) in [6.45, 7) is 1.80. The molecule has 0 saturated heterocycles. The lowest BCUT2D eigenvalue weighted by Gasteiger charge is -2.16. The molecule has 108 valence electrons. The third-order valence-corrected chi connectivity index (χ3v) is 4.28. The van der Waals surface area contributed by atoms with Crippen LogP contribution < -0.4 is 5.32 Å². The van der Waals surface area contributed by atoms with E-state index in [9.17, 15) is 4.79 Å². The van der Waals surface area contributed by atoms with E-state index in [0.717, 1.165) is 44.3 Å². The fourth-order valence-corrected chi connectivity index (χ4v) is 3.08. The quantitative estimate of drug-likeness (QED) is 0.855. The number of allylic oxidation sites excluding steroid dienone is 2. The minimum atomic E-state index is 0.176. The number of nitrogens with zero attached hydrogens (tertiary/aromatic N) is 2. The van der Waals surface area contributed by atoms with Crippen molar-refractivity contribution in [1.29, 1.82) is 0 Å². The molecular formula is C16H23N3O. The van der Waals surface area contributed by atoms with Gasteiger partial charge < -0.3 is 9.88 Å². The van der Waals surface area contributed by atoms with Crippen LogP contribution in [0.15, 0.2) is 18.3 Å². The SMILES string of the molecule is O=C(NCCc1cn2c(n1)CCCC2)[C@@H]1CC=CCC1. The monoisotopic (exact) mass is 273 g/mol. The third-order valence-electron chi connectivity index (χ3n) is 4.28. The number of nitrogens with one attached hydrogen (secondary N) is 1. The van der Waals surface area contributed by atoms with Crippen molar-refractivity contribution in [1.82, 2.24) is 14.9 Å². The molecular weight excluding hydrogens is 250 g/mol. The minimum Gasteiger partial charge on any atom is -0.355 e. The fraction of sp³-hybridized carbons (Fsp3) is 0.625. The molecule has 0 fully saturated rings. The Morgan fingerprint density at radius 1 is 1.40 bits per heavy atom. The van der Waals surface area contributed by atoms with Gasteiger partial charge in [-0.3, -0.25) is 4.79 Å². The van der Waals surface area contributed by atoms with Crippen LogP contribution in [0.4, 0.5) is 0 Å². The first-order valence-electron chi connectivity index (χ1n) is 7.80. The van der Waals surface area contributed by atoms with Gasteiger partial charge in [0.2, 0.25) is 5.91 Å². The molecule has 1 aliphatic heterocycles. The molecule has 0 bridgehead atoms. The number of aryl methyl sites for hydroxylation is 2. The lowest BCUT2D eigenvalue weighted by Crippen LogP contribution is -2.32. The summed E-state index contributed by atoms with van der Waals surface area (Å²) in [5, 5.41) is 3.06. The van der Waals surface area contributed by atoms with Gasteiger partial charge >= 0.3 is 0 Å². The van der Waals surface area contributed by atoms with Crippen molar-refractivity contribution < 1.29 is 4.79 Å². The molecule has 1 aromatic heterocycles. The third kappa shape index (κ3) is 3.11. The highest BCUT2D eigenvalue weighted by molar-refractivity contribution is 5.78. The molecule has 0 radical (unpaired) electrons. The lowest BCUT2D eigenvalue weighted by atomic mass is 9.94. The summed E-state index contributed by atoms with van der Waals surface area (Å²) >= 11 is 0. The van der Waals surface area contributed by atoms with E-state index in [1.54, 1.807) is 0 Å². The molecule has 2 heterocycles. The highest BCUT2D eigenvalue weighted by atomic mass is 16.1. The van der Waals surface area contributed by atoms with Crippen molar-refractivity contribution in [3.8, 4) is 0 Å². The first-order valence-corrected chi connectivity index (χ1v) is 7.80. The van der Waals surface area contributed by atoms with Gasteiger partial charge in [-0.1, -0.05) is 12.2 Å². The Morgan fingerprint density at radius 3 is 3.15 bits per heavy atom. The second-order valence-electron chi connectivity index (χ2n) is 5.82. The second-order valence-corrected chi connectivity index (χ2v) is 5.82. The van der Waals surface area contributed by atoms with Crippen LogP contribution in [-0.4, -0.2) is 22.0 Å². The zero-order valence-corrected chi connectivity index (χ0v) is 12.0. The fourth-order valence-electron chi connectivity index (χ4n) is 3.08. The normalized spacial score (nSPS) is 21.5. The van der Waals surface area contributed by atoms with Crippen molar-refractivity contribution in [3.63, 3.8) is 0 Å². The van der Waals surface area contributed by atoms with Crippen LogP contribution in [-0.2, 0) is 24.2 Å². The number of carbonyl (C=O) groups is 1. The maximum Gasteiger partial charge on any atom is 0.223 e. The Bertz CT molecular complexity index is 480. The number of imidazole rings is 1. The number of carbonyl (C=O) groups excluding carboxylic acids is 1. The zero-order chi connectivity index (χ0) is 13.8. The molecule has 1 aliphatic carbocycles. The molecule has 0 unspecified atom stereocenters. The number of aromatic nitrogens is 2. The number of amides is 1. The van der Waals surface area contributed by atoms with Gasteiger partial charge in [-0.05, 0) is 32.1 Å². The summed E-state index contributed by atoms with van der Waals surface area (Å²) < 4.78 is 2.27. The average molecular weight is 273 g/mol. The summed E-state index contributed by atoms with van der Waals surface area (Å²) in [5.41, 5.74) is 1.12. The van der Waals surface area contributed by atoms with Gasteiger partial charge in [0.15, 0.2) is 0 Å². The molecule has 0 aromatic carbocycles. The lowest BCUT2D eigenvalue weighted by molar-refractivity contribution is -0.125. The van der Waals surface area contributed by atoms with Gasteiger partial charge in [-0.25, -0.2) is 4.98 Å². The Labute approximate surface area is 120 Å². The van der Waals surface area contributed by atoms with Crippen LogP contribution in [0.25, 0.3) is 0 Å². The van der Waals surface area contributed by atoms with Crippen LogP contribution in [0.3, 0.4) is 0 Å². The van der Waals surface area contributed by atoms with E-state index >= 15 is 0 Å². The van der Waals surface area contributed by atoms with Gasteiger partial charge in [0.05, 0.1) is 5.69 Å². The largest absolute Gasteiger partial charge is 0.355 e. The minimum absolute atomic E-state index is 0.176. The topological polar surface area (TPSA) is 46.9 Å². The van der Waals surface area contributed by atoms with E-state index in [2.05, 4.69) is 33.2 Å². The van der Waals surface area contributed by atoms with Crippen molar-refractivity contribution in [2.24, 2.45) is 5.92 Å². The van der Waals surface area contributed by atoms with Crippen LogP contribution in [0.2, 0.25) is 0 Å². The first kappa shape index (κ1) is 13.4. The van der Waals surface area contributed by atoms with Gasteiger partial charge in [-0.15, -0.1) is 0 Å². The summed E-state index contributed by atoms with van der Waals surface area (Å²) in [5.74, 6) is 1.60. The summed E-state index contributed by atoms with van der Waals surface area (Å²) in [7, 11) is 0. The van der Waals surface area contributed by atoms with Crippen LogP contribution in [0.5, 0.6) is 0 Å². The Balaban J connectivity index is 1.46. The van der Waals surface area contributed by atoms with Crippen LogP contribution in [0.1, 0.15) is 43.6 Å². The predicted molar refractivity (Wildman–Crippen MR) is 78.4 cm³/mol. The van der Waals surface area contributed by atoms with Crippen LogP contribution >= 0.6 is 0 Å². The van der Waals surface area contributed by atoms with E-state index in [1.807, 2.05) is 0 Å². The highest BCUT2D eigenvalue weighted by Gasteiger charge is 2.18. The van der Waals surface area contributed by atoms with E-state index in [0.29, 0.717) is 6.54 Å². The van der Waals surface area contributed by atoms with Crippen molar-refractivity contribution >= 4 is 5.91 Å². The molecule has 1 N–H and O–H groups in total. The maximum absolute atomic E-state index is 12.0. The first-order chi connectivity index (χ1) is 9.83. The molecule has 0 saturated carbocycles. The second kappa shape index (κ2) is 6.25. The molecule has 4 heteroatoms.